The van der Waals surface area contributed by atoms with Crippen LogP contribution in [0.4, 0.5) is 5.69 Å². The highest BCUT2D eigenvalue weighted by Gasteiger charge is 2.22. The number of rotatable bonds is 5. The van der Waals surface area contributed by atoms with E-state index in [-0.39, 0.29) is 9.92 Å². The first-order valence-electron chi connectivity index (χ1n) is 6.84. The molecule has 0 atom stereocenters. The van der Waals surface area contributed by atoms with Gasteiger partial charge in [-0.3, -0.25) is 10.1 Å². The van der Waals surface area contributed by atoms with Crippen molar-refractivity contribution in [2.24, 2.45) is 5.92 Å². The number of nitrogens with zero attached hydrogens (tertiary/aromatic N) is 1. The maximum atomic E-state index is 12.2. The van der Waals surface area contributed by atoms with E-state index in [1.165, 1.54) is 18.6 Å². The van der Waals surface area contributed by atoms with E-state index in [1.807, 2.05) is 0 Å². The van der Waals surface area contributed by atoms with Gasteiger partial charge in [0, 0.05) is 12.6 Å². The van der Waals surface area contributed by atoms with Gasteiger partial charge in [0.1, 0.15) is 5.02 Å². The molecular weight excluding hydrogens is 316 g/mol. The molecule has 0 saturated heterocycles. The quantitative estimate of drug-likeness (QED) is 0.662. The Morgan fingerprint density at radius 1 is 1.29 bits per heavy atom. The summed E-state index contributed by atoms with van der Waals surface area (Å²) in [5.74, 6) is 0.343. The van der Waals surface area contributed by atoms with Gasteiger partial charge < -0.3 is 0 Å². The van der Waals surface area contributed by atoms with E-state index < -0.39 is 20.6 Å². The van der Waals surface area contributed by atoms with Gasteiger partial charge in [-0.15, -0.1) is 0 Å². The lowest BCUT2D eigenvalue weighted by molar-refractivity contribution is -0.384. The fourth-order valence-electron chi connectivity index (χ4n) is 2.50. The summed E-state index contributed by atoms with van der Waals surface area (Å²) >= 11 is 5.68. The van der Waals surface area contributed by atoms with Crippen LogP contribution in [0.1, 0.15) is 32.1 Å². The molecule has 1 saturated carbocycles. The van der Waals surface area contributed by atoms with Gasteiger partial charge in [0.2, 0.25) is 10.0 Å². The van der Waals surface area contributed by atoms with Crippen molar-refractivity contribution in [3.05, 3.63) is 33.3 Å². The lowest BCUT2D eigenvalue weighted by atomic mass is 9.90. The van der Waals surface area contributed by atoms with Crippen molar-refractivity contribution >= 4 is 27.3 Å². The smallest absolute Gasteiger partial charge is 0.258 e. The molecule has 1 fully saturated rings. The molecule has 116 valence electrons. The van der Waals surface area contributed by atoms with Gasteiger partial charge in [-0.25, -0.2) is 13.1 Å². The third-order valence-electron chi connectivity index (χ3n) is 3.71. The molecule has 21 heavy (non-hydrogen) atoms. The van der Waals surface area contributed by atoms with E-state index in [4.69, 9.17) is 11.6 Å². The molecule has 8 heteroatoms. The maximum absolute atomic E-state index is 12.2. The molecule has 0 amide bonds. The lowest BCUT2D eigenvalue weighted by Gasteiger charge is -2.21. The number of nitro groups is 1. The van der Waals surface area contributed by atoms with Crippen LogP contribution in [0.25, 0.3) is 0 Å². The van der Waals surface area contributed by atoms with Crippen LogP contribution in [0, 0.1) is 16.0 Å². The minimum Gasteiger partial charge on any atom is -0.258 e. The number of nitro benzene ring substituents is 1. The molecule has 0 aromatic heterocycles. The highest BCUT2D eigenvalue weighted by molar-refractivity contribution is 7.89. The second kappa shape index (κ2) is 6.72. The predicted octanol–water partition coefficient (Wildman–Crippen LogP) is 3.11. The summed E-state index contributed by atoms with van der Waals surface area (Å²) in [5.41, 5.74) is -0.405. The van der Waals surface area contributed by atoms with Crippen LogP contribution in [0.15, 0.2) is 23.1 Å². The normalized spacial score (nSPS) is 16.8. The zero-order chi connectivity index (χ0) is 15.5. The minimum absolute atomic E-state index is 0.0776. The number of nitrogens with one attached hydrogen (secondary N) is 1. The van der Waals surface area contributed by atoms with Crippen molar-refractivity contribution in [1.29, 1.82) is 0 Å². The van der Waals surface area contributed by atoms with Crippen molar-refractivity contribution in [3.63, 3.8) is 0 Å². The summed E-state index contributed by atoms with van der Waals surface area (Å²) in [7, 11) is -3.75. The average molecular weight is 333 g/mol. The Morgan fingerprint density at radius 2 is 1.95 bits per heavy atom. The zero-order valence-corrected chi connectivity index (χ0v) is 13.0. The first-order chi connectivity index (χ1) is 9.90. The van der Waals surface area contributed by atoms with E-state index in [2.05, 4.69) is 4.72 Å². The maximum Gasteiger partial charge on any atom is 0.289 e. The standard InChI is InChI=1S/C13H17ClN2O4S/c14-12-7-6-11(8-13(12)16(17)18)21(19,20)15-9-10-4-2-1-3-5-10/h6-8,10,15H,1-5,9H2. The second-order valence-corrected chi connectivity index (χ2v) is 7.40. The third kappa shape index (κ3) is 4.15. The number of benzene rings is 1. The van der Waals surface area contributed by atoms with Gasteiger partial charge in [-0.1, -0.05) is 30.9 Å². The fraction of sp³-hybridized carbons (Fsp3) is 0.538. The summed E-state index contributed by atoms with van der Waals surface area (Å²) < 4.78 is 26.9. The molecule has 2 rings (SSSR count). The van der Waals surface area contributed by atoms with Crippen molar-refractivity contribution < 1.29 is 13.3 Å². The number of hydrogen-bond donors (Lipinski definition) is 1. The molecule has 0 heterocycles. The third-order valence-corrected chi connectivity index (χ3v) is 5.45. The largest absolute Gasteiger partial charge is 0.289 e. The molecule has 1 aromatic rings. The summed E-state index contributed by atoms with van der Waals surface area (Å²) in [6, 6.07) is 3.50. The predicted molar refractivity (Wildman–Crippen MR) is 79.9 cm³/mol. The Hall–Kier alpha value is -1.18. The molecule has 1 N–H and O–H groups in total. The Balaban J connectivity index is 2.11. The van der Waals surface area contributed by atoms with Gasteiger partial charge in [0.05, 0.1) is 9.82 Å². The van der Waals surface area contributed by atoms with Crippen LogP contribution >= 0.6 is 11.6 Å². The minimum atomic E-state index is -3.75. The van der Waals surface area contributed by atoms with Crippen LogP contribution in [0.3, 0.4) is 0 Å². The molecule has 0 bridgehead atoms. The monoisotopic (exact) mass is 332 g/mol. The van der Waals surface area contributed by atoms with Crippen LogP contribution in [-0.4, -0.2) is 19.9 Å². The molecule has 0 aliphatic heterocycles. The van der Waals surface area contributed by atoms with Crippen LogP contribution in [0.5, 0.6) is 0 Å². The Kier molecular flexibility index (Phi) is 5.18. The van der Waals surface area contributed by atoms with Gasteiger partial charge in [0.15, 0.2) is 0 Å². The van der Waals surface area contributed by atoms with E-state index >= 15 is 0 Å². The first kappa shape index (κ1) is 16.2. The Labute approximate surface area is 128 Å². The SMILES string of the molecule is O=[N+]([O-])c1cc(S(=O)(=O)NCC2CCCCC2)ccc1Cl. The number of hydrogen-bond acceptors (Lipinski definition) is 4. The van der Waals surface area contributed by atoms with Crippen LogP contribution in [-0.2, 0) is 10.0 Å². The van der Waals surface area contributed by atoms with Gasteiger partial charge in [0.25, 0.3) is 5.69 Å². The number of halogens is 1. The Morgan fingerprint density at radius 3 is 2.57 bits per heavy atom. The van der Waals surface area contributed by atoms with E-state index in [0.29, 0.717) is 12.5 Å². The molecule has 0 spiro atoms. The van der Waals surface area contributed by atoms with E-state index in [0.717, 1.165) is 31.7 Å². The van der Waals surface area contributed by atoms with Crippen molar-refractivity contribution in [2.45, 2.75) is 37.0 Å². The molecule has 0 radical (unpaired) electrons. The second-order valence-electron chi connectivity index (χ2n) is 5.23. The summed E-state index contributed by atoms with van der Waals surface area (Å²) in [4.78, 5) is 9.99. The van der Waals surface area contributed by atoms with Crippen molar-refractivity contribution in [1.82, 2.24) is 4.72 Å². The Bertz CT molecular complexity index is 627. The summed E-state index contributed by atoms with van der Waals surface area (Å²) in [6.45, 7) is 0.374. The molecule has 0 unspecified atom stereocenters. The molecule has 6 nitrogen and oxygen atoms in total. The van der Waals surface area contributed by atoms with Crippen LogP contribution < -0.4 is 4.72 Å². The topological polar surface area (TPSA) is 89.3 Å². The van der Waals surface area contributed by atoms with Crippen LogP contribution in [0.2, 0.25) is 5.02 Å². The van der Waals surface area contributed by atoms with Crippen molar-refractivity contribution in [3.8, 4) is 0 Å². The lowest BCUT2D eigenvalue weighted by Crippen LogP contribution is -2.30. The fourth-order valence-corrected chi connectivity index (χ4v) is 3.82. The van der Waals surface area contributed by atoms with E-state index in [9.17, 15) is 18.5 Å². The number of sulfonamides is 1. The van der Waals surface area contributed by atoms with E-state index in [1.54, 1.807) is 0 Å². The summed E-state index contributed by atoms with van der Waals surface area (Å²) in [5, 5.41) is 10.7. The zero-order valence-electron chi connectivity index (χ0n) is 11.4. The van der Waals surface area contributed by atoms with Crippen molar-refractivity contribution in [2.75, 3.05) is 6.54 Å². The molecule has 1 aliphatic rings. The molecular formula is C13H17ClN2O4S. The van der Waals surface area contributed by atoms with Gasteiger partial charge in [-0.2, -0.15) is 0 Å². The highest BCUT2D eigenvalue weighted by Crippen LogP contribution is 2.27. The molecule has 1 aromatic carbocycles. The highest BCUT2D eigenvalue weighted by atomic mass is 35.5. The molecule has 1 aliphatic carbocycles. The summed E-state index contributed by atoms with van der Waals surface area (Å²) in [6.07, 6.45) is 5.48. The average Bonchev–Trinajstić information content (AvgIpc) is 2.46. The van der Waals surface area contributed by atoms with Gasteiger partial charge >= 0.3 is 0 Å². The van der Waals surface area contributed by atoms with Gasteiger partial charge in [-0.05, 0) is 30.9 Å². The first-order valence-corrected chi connectivity index (χ1v) is 8.70.